The minimum Gasteiger partial charge on any atom is -0.465 e. The van der Waals surface area contributed by atoms with Crippen LogP contribution in [-0.2, 0) is 19.7 Å². The summed E-state index contributed by atoms with van der Waals surface area (Å²) in [6, 6.07) is 0. The molecule has 4 nitrogen and oxygen atoms in total. The Balaban J connectivity index is 2.87. The predicted octanol–water partition coefficient (Wildman–Crippen LogP) is 3.08. The normalized spacial score (nSPS) is 13.4. The molecule has 0 amide bonds. The maximum absolute atomic E-state index is 11.9. The van der Waals surface area contributed by atoms with Crippen molar-refractivity contribution in [3.05, 3.63) is 16.1 Å². The van der Waals surface area contributed by atoms with Crippen molar-refractivity contribution in [3.8, 4) is 0 Å². The molecule has 5 heteroatoms. The molecule has 1 atom stereocenters. The van der Waals surface area contributed by atoms with Gasteiger partial charge in [0.15, 0.2) is 0 Å². The topological polar surface area (TPSA) is 48.4 Å². The van der Waals surface area contributed by atoms with E-state index in [1.54, 1.807) is 6.92 Å². The molecule has 1 rings (SSSR count). The van der Waals surface area contributed by atoms with E-state index in [9.17, 15) is 4.79 Å². The van der Waals surface area contributed by atoms with Crippen molar-refractivity contribution in [1.82, 2.24) is 4.98 Å². The lowest BCUT2D eigenvalue weighted by Crippen LogP contribution is -2.31. The van der Waals surface area contributed by atoms with Crippen LogP contribution in [0.1, 0.15) is 51.4 Å². The van der Waals surface area contributed by atoms with Crippen LogP contribution in [0.2, 0.25) is 0 Å². The Labute approximate surface area is 112 Å². The summed E-state index contributed by atoms with van der Waals surface area (Å²) in [5.74, 6) is -0.245. The second-order valence-electron chi connectivity index (χ2n) is 4.51. The van der Waals surface area contributed by atoms with Crippen LogP contribution >= 0.6 is 11.3 Å². The molecule has 0 bridgehead atoms. The van der Waals surface area contributed by atoms with Gasteiger partial charge in [-0.05, 0) is 34.6 Å². The third kappa shape index (κ3) is 3.29. The van der Waals surface area contributed by atoms with Crippen LogP contribution in [0.3, 0.4) is 0 Å². The lowest BCUT2D eigenvalue weighted by molar-refractivity contribution is -0.148. The van der Waals surface area contributed by atoms with Gasteiger partial charge in [0.1, 0.15) is 16.5 Å². The van der Waals surface area contributed by atoms with Gasteiger partial charge in [-0.3, -0.25) is 4.79 Å². The van der Waals surface area contributed by atoms with E-state index < -0.39 is 5.41 Å². The molecule has 1 aromatic heterocycles. The minimum absolute atomic E-state index is 0.0354. The van der Waals surface area contributed by atoms with Crippen molar-refractivity contribution in [3.63, 3.8) is 0 Å². The average Bonchev–Trinajstić information content (AvgIpc) is 2.79. The number of esters is 1. The summed E-state index contributed by atoms with van der Waals surface area (Å²) in [6.07, 6.45) is -0.0354. The molecule has 0 spiro atoms. The molecule has 0 saturated carbocycles. The molecule has 0 aliphatic heterocycles. The third-order valence-corrected chi connectivity index (χ3v) is 3.72. The van der Waals surface area contributed by atoms with Crippen molar-refractivity contribution in [2.75, 3.05) is 13.2 Å². The smallest absolute Gasteiger partial charge is 0.317 e. The lowest BCUT2D eigenvalue weighted by atomic mass is 9.90. The number of thiazole rings is 1. The second kappa shape index (κ2) is 6.29. The van der Waals surface area contributed by atoms with Gasteiger partial charge in [-0.15, -0.1) is 11.3 Å². The Hall–Kier alpha value is -0.940. The van der Waals surface area contributed by atoms with Crippen molar-refractivity contribution < 1.29 is 14.3 Å². The zero-order valence-electron chi connectivity index (χ0n) is 11.6. The summed E-state index contributed by atoms with van der Waals surface area (Å²) in [5.41, 5.74) is 0.0314. The van der Waals surface area contributed by atoms with Gasteiger partial charge in [0.05, 0.1) is 12.3 Å². The summed E-state index contributed by atoms with van der Waals surface area (Å²) in [4.78, 5) is 16.4. The van der Waals surface area contributed by atoms with Crippen molar-refractivity contribution >= 4 is 17.3 Å². The van der Waals surface area contributed by atoms with Crippen molar-refractivity contribution in [1.29, 1.82) is 0 Å². The largest absolute Gasteiger partial charge is 0.465 e. The number of rotatable bonds is 6. The zero-order valence-corrected chi connectivity index (χ0v) is 12.5. The maximum atomic E-state index is 11.9. The Kier molecular flexibility index (Phi) is 5.28. The molecule has 0 N–H and O–H groups in total. The van der Waals surface area contributed by atoms with Crippen LogP contribution in [0.5, 0.6) is 0 Å². The van der Waals surface area contributed by atoms with Gasteiger partial charge in [-0.2, -0.15) is 0 Å². The highest BCUT2D eigenvalue weighted by atomic mass is 32.1. The zero-order chi connectivity index (χ0) is 13.8. The van der Waals surface area contributed by atoms with Gasteiger partial charge < -0.3 is 9.47 Å². The molecule has 102 valence electrons. The van der Waals surface area contributed by atoms with Crippen LogP contribution in [0.4, 0.5) is 0 Å². The number of aromatic nitrogens is 1. The van der Waals surface area contributed by atoms with Gasteiger partial charge in [0, 0.05) is 12.0 Å². The van der Waals surface area contributed by atoms with E-state index in [1.165, 1.54) is 11.3 Å². The molecule has 1 unspecified atom stereocenters. The lowest BCUT2D eigenvalue weighted by Gasteiger charge is -2.19. The van der Waals surface area contributed by atoms with Gasteiger partial charge in [-0.1, -0.05) is 0 Å². The van der Waals surface area contributed by atoms with E-state index in [4.69, 9.17) is 9.47 Å². The third-order valence-electron chi connectivity index (χ3n) is 2.71. The quantitative estimate of drug-likeness (QED) is 0.746. The first-order valence-corrected chi connectivity index (χ1v) is 7.06. The van der Waals surface area contributed by atoms with Crippen LogP contribution in [0.15, 0.2) is 5.38 Å². The molecular formula is C13H21NO3S. The Morgan fingerprint density at radius 3 is 2.67 bits per heavy atom. The van der Waals surface area contributed by atoms with Crippen LogP contribution < -0.4 is 0 Å². The van der Waals surface area contributed by atoms with Gasteiger partial charge in [-0.25, -0.2) is 4.98 Å². The Morgan fingerprint density at radius 2 is 2.11 bits per heavy atom. The summed E-state index contributed by atoms with van der Waals surface area (Å²) in [6.45, 7) is 10.4. The molecule has 1 aromatic rings. The van der Waals surface area contributed by atoms with Gasteiger partial charge >= 0.3 is 5.97 Å². The summed E-state index contributed by atoms with van der Waals surface area (Å²) < 4.78 is 10.6. The first-order chi connectivity index (χ1) is 8.43. The fourth-order valence-electron chi connectivity index (χ4n) is 1.50. The highest BCUT2D eigenvalue weighted by molar-refractivity contribution is 7.09. The van der Waals surface area contributed by atoms with Crippen LogP contribution in [-0.4, -0.2) is 24.2 Å². The average molecular weight is 271 g/mol. The molecule has 0 aromatic carbocycles. The number of ether oxygens (including phenoxy) is 2. The van der Waals surface area contributed by atoms with E-state index in [-0.39, 0.29) is 12.1 Å². The van der Waals surface area contributed by atoms with Crippen LogP contribution in [0.25, 0.3) is 0 Å². The van der Waals surface area contributed by atoms with E-state index in [1.807, 2.05) is 33.1 Å². The number of carbonyl (C=O) groups is 1. The Bertz CT molecular complexity index is 401. The SMILES string of the molecule is CCOC(=O)C(C)(C)c1csc(C(C)OCC)n1. The van der Waals surface area contributed by atoms with Crippen molar-refractivity contribution in [2.45, 2.75) is 46.1 Å². The summed E-state index contributed by atoms with van der Waals surface area (Å²) in [5, 5.41) is 2.80. The van der Waals surface area contributed by atoms with Gasteiger partial charge in [0.25, 0.3) is 0 Å². The standard InChI is InChI=1S/C13H21NO3S/c1-6-16-9(3)11-14-10(8-18-11)13(4,5)12(15)17-7-2/h8-9H,6-7H2,1-5H3. The Morgan fingerprint density at radius 1 is 1.44 bits per heavy atom. The molecule has 1 heterocycles. The summed E-state index contributed by atoms with van der Waals surface area (Å²) in [7, 11) is 0. The molecule has 18 heavy (non-hydrogen) atoms. The van der Waals surface area contributed by atoms with Crippen molar-refractivity contribution in [2.24, 2.45) is 0 Å². The maximum Gasteiger partial charge on any atom is 0.317 e. The van der Waals surface area contributed by atoms with E-state index >= 15 is 0 Å². The van der Waals surface area contributed by atoms with Gasteiger partial charge in [0.2, 0.25) is 0 Å². The molecule has 0 aliphatic rings. The predicted molar refractivity (Wildman–Crippen MR) is 71.8 cm³/mol. The first kappa shape index (κ1) is 15.1. The summed E-state index contributed by atoms with van der Waals surface area (Å²) >= 11 is 1.52. The number of hydrogen-bond donors (Lipinski definition) is 0. The first-order valence-electron chi connectivity index (χ1n) is 6.18. The fourth-order valence-corrected chi connectivity index (χ4v) is 2.49. The van der Waals surface area contributed by atoms with E-state index in [0.717, 1.165) is 10.7 Å². The number of carbonyl (C=O) groups excluding carboxylic acids is 1. The monoisotopic (exact) mass is 271 g/mol. The number of hydrogen-bond acceptors (Lipinski definition) is 5. The minimum atomic E-state index is -0.712. The molecule has 0 fully saturated rings. The fraction of sp³-hybridized carbons (Fsp3) is 0.692. The van der Waals surface area contributed by atoms with E-state index in [0.29, 0.717) is 13.2 Å². The second-order valence-corrected chi connectivity index (χ2v) is 5.40. The molecule has 0 saturated heterocycles. The highest BCUT2D eigenvalue weighted by Crippen LogP contribution is 2.29. The van der Waals surface area contributed by atoms with Crippen LogP contribution in [0, 0.1) is 0 Å². The van der Waals surface area contributed by atoms with E-state index in [2.05, 4.69) is 4.98 Å². The molecule has 0 radical (unpaired) electrons. The molecule has 0 aliphatic carbocycles. The number of nitrogens with zero attached hydrogens (tertiary/aromatic N) is 1. The highest BCUT2D eigenvalue weighted by Gasteiger charge is 2.34. The molecular weight excluding hydrogens is 250 g/mol.